The second-order valence-corrected chi connectivity index (χ2v) is 5.28. The molecule has 0 saturated heterocycles. The van der Waals surface area contributed by atoms with E-state index in [1.807, 2.05) is 4.57 Å². The number of nitrogens with zero attached hydrogens (tertiary/aromatic N) is 3. The van der Waals surface area contributed by atoms with Crippen LogP contribution in [0.2, 0.25) is 0 Å². The summed E-state index contributed by atoms with van der Waals surface area (Å²) >= 11 is 0. The van der Waals surface area contributed by atoms with Crippen LogP contribution in [0.4, 0.5) is 13.2 Å². The van der Waals surface area contributed by atoms with Gasteiger partial charge in [0.2, 0.25) is 5.91 Å². The molecule has 1 amide bonds. The lowest BCUT2D eigenvalue weighted by atomic mass is 10.2. The highest BCUT2D eigenvalue weighted by atomic mass is 19.4. The Balaban J connectivity index is 1.85. The zero-order valence-corrected chi connectivity index (χ0v) is 12.3. The van der Waals surface area contributed by atoms with Crippen molar-refractivity contribution >= 4 is 5.91 Å². The minimum absolute atomic E-state index is 0.131. The van der Waals surface area contributed by atoms with E-state index in [0.29, 0.717) is 5.82 Å². The SMILES string of the molecule is CC(OCC(F)(F)F)C(=O)NCc1nnc2n1CCCCC2. The third kappa shape index (κ3) is 4.69. The number of hydrogen-bond acceptors (Lipinski definition) is 4. The van der Waals surface area contributed by atoms with Gasteiger partial charge < -0.3 is 14.6 Å². The largest absolute Gasteiger partial charge is 0.411 e. The van der Waals surface area contributed by atoms with Gasteiger partial charge in [-0.05, 0) is 19.8 Å². The number of aryl methyl sites for hydroxylation is 1. The molecule has 0 fully saturated rings. The zero-order valence-electron chi connectivity index (χ0n) is 12.3. The number of carbonyl (C=O) groups is 1. The lowest BCUT2D eigenvalue weighted by molar-refractivity contribution is -0.185. The number of fused-ring (bicyclic) bond motifs is 1. The van der Waals surface area contributed by atoms with Gasteiger partial charge in [-0.25, -0.2) is 0 Å². The second-order valence-electron chi connectivity index (χ2n) is 5.28. The number of carbonyl (C=O) groups excluding carboxylic acids is 1. The number of amides is 1. The van der Waals surface area contributed by atoms with Crippen LogP contribution in [0.5, 0.6) is 0 Å². The molecule has 0 bridgehead atoms. The predicted molar refractivity (Wildman–Crippen MR) is 70.9 cm³/mol. The summed E-state index contributed by atoms with van der Waals surface area (Å²) in [5, 5.41) is 10.7. The second kappa shape index (κ2) is 7.08. The topological polar surface area (TPSA) is 69.0 Å². The van der Waals surface area contributed by atoms with Gasteiger partial charge in [0.25, 0.3) is 0 Å². The van der Waals surface area contributed by atoms with Gasteiger partial charge in [-0.2, -0.15) is 13.2 Å². The van der Waals surface area contributed by atoms with Gasteiger partial charge >= 0.3 is 6.18 Å². The van der Waals surface area contributed by atoms with Crippen molar-refractivity contribution in [2.45, 2.75) is 58.0 Å². The molecule has 0 aromatic carbocycles. The third-order valence-electron chi connectivity index (χ3n) is 3.47. The average molecular weight is 320 g/mol. The number of halogens is 3. The maximum atomic E-state index is 12.0. The summed E-state index contributed by atoms with van der Waals surface area (Å²) in [6.07, 6.45) is -1.56. The molecular formula is C13H19F3N4O2. The Morgan fingerprint density at radius 2 is 2.14 bits per heavy atom. The minimum Gasteiger partial charge on any atom is -0.359 e. The smallest absolute Gasteiger partial charge is 0.359 e. The number of hydrogen-bond donors (Lipinski definition) is 1. The quantitative estimate of drug-likeness (QED) is 0.894. The molecule has 2 heterocycles. The van der Waals surface area contributed by atoms with E-state index in [-0.39, 0.29) is 6.54 Å². The standard InChI is InChI=1S/C13H19F3N4O2/c1-9(22-8-13(14,15)16)12(21)17-7-11-19-18-10-5-3-2-4-6-20(10)11/h9H,2-8H2,1H3,(H,17,21). The first-order valence-electron chi connectivity index (χ1n) is 7.24. The molecule has 0 radical (unpaired) electrons. The van der Waals surface area contributed by atoms with E-state index in [1.54, 1.807) is 0 Å². The zero-order chi connectivity index (χ0) is 16.2. The molecule has 22 heavy (non-hydrogen) atoms. The van der Waals surface area contributed by atoms with Crippen LogP contribution in [0.25, 0.3) is 0 Å². The number of rotatable bonds is 5. The van der Waals surface area contributed by atoms with Crippen molar-refractivity contribution in [3.63, 3.8) is 0 Å². The van der Waals surface area contributed by atoms with Gasteiger partial charge in [-0.15, -0.1) is 10.2 Å². The molecule has 0 spiro atoms. The molecule has 9 heteroatoms. The Morgan fingerprint density at radius 1 is 1.36 bits per heavy atom. The highest BCUT2D eigenvalue weighted by Gasteiger charge is 2.30. The first kappa shape index (κ1) is 16.7. The Hall–Kier alpha value is -1.64. The van der Waals surface area contributed by atoms with Crippen LogP contribution < -0.4 is 5.32 Å². The molecule has 1 atom stereocenters. The van der Waals surface area contributed by atoms with Crippen LogP contribution >= 0.6 is 0 Å². The van der Waals surface area contributed by atoms with Gasteiger partial charge in [-0.3, -0.25) is 4.79 Å². The molecule has 2 rings (SSSR count). The fourth-order valence-electron chi connectivity index (χ4n) is 2.28. The van der Waals surface area contributed by atoms with Gasteiger partial charge in [0, 0.05) is 13.0 Å². The Labute approximate surface area is 126 Å². The first-order chi connectivity index (χ1) is 10.4. The molecular weight excluding hydrogens is 301 g/mol. The molecule has 1 unspecified atom stereocenters. The highest BCUT2D eigenvalue weighted by molar-refractivity contribution is 5.80. The lowest BCUT2D eigenvalue weighted by Crippen LogP contribution is -2.36. The Bertz CT molecular complexity index is 516. The molecule has 124 valence electrons. The molecule has 0 saturated carbocycles. The molecule has 1 N–H and O–H groups in total. The number of alkyl halides is 3. The third-order valence-corrected chi connectivity index (χ3v) is 3.47. The van der Waals surface area contributed by atoms with Gasteiger partial charge in [0.1, 0.15) is 18.5 Å². The maximum absolute atomic E-state index is 12.0. The summed E-state index contributed by atoms with van der Waals surface area (Å²) in [5.74, 6) is 0.909. The summed E-state index contributed by atoms with van der Waals surface area (Å²) in [7, 11) is 0. The number of aromatic nitrogens is 3. The van der Waals surface area contributed by atoms with Gasteiger partial charge in [0.15, 0.2) is 5.82 Å². The highest BCUT2D eigenvalue weighted by Crippen LogP contribution is 2.16. The van der Waals surface area contributed by atoms with E-state index in [0.717, 1.165) is 38.1 Å². The summed E-state index contributed by atoms with van der Waals surface area (Å²) in [6.45, 7) is 0.770. The fourth-order valence-corrected chi connectivity index (χ4v) is 2.28. The van der Waals surface area contributed by atoms with Crippen molar-refractivity contribution in [3.05, 3.63) is 11.6 Å². The van der Waals surface area contributed by atoms with Crippen LogP contribution in [-0.4, -0.2) is 39.6 Å². The Morgan fingerprint density at radius 3 is 2.86 bits per heavy atom. The maximum Gasteiger partial charge on any atom is 0.411 e. The first-order valence-corrected chi connectivity index (χ1v) is 7.24. The van der Waals surface area contributed by atoms with Crippen LogP contribution in [0.1, 0.15) is 37.8 Å². The number of ether oxygens (including phenoxy) is 1. The van der Waals surface area contributed by atoms with E-state index in [4.69, 9.17) is 0 Å². The lowest BCUT2D eigenvalue weighted by Gasteiger charge is -2.15. The van der Waals surface area contributed by atoms with Gasteiger partial charge in [-0.1, -0.05) is 6.42 Å². The molecule has 0 aliphatic carbocycles. The predicted octanol–water partition coefficient (Wildman–Crippen LogP) is 1.59. The molecule has 1 aromatic rings. The summed E-state index contributed by atoms with van der Waals surface area (Å²) in [5.41, 5.74) is 0. The van der Waals surface area contributed by atoms with E-state index < -0.39 is 24.8 Å². The normalized spacial score (nSPS) is 16.7. The monoisotopic (exact) mass is 320 g/mol. The van der Waals surface area contributed by atoms with E-state index in [2.05, 4.69) is 20.3 Å². The van der Waals surface area contributed by atoms with Crippen molar-refractivity contribution in [3.8, 4) is 0 Å². The van der Waals surface area contributed by atoms with Crippen LogP contribution in [0.3, 0.4) is 0 Å². The summed E-state index contributed by atoms with van der Waals surface area (Å²) in [4.78, 5) is 11.7. The van der Waals surface area contributed by atoms with Crippen molar-refractivity contribution in [2.75, 3.05) is 6.61 Å². The van der Waals surface area contributed by atoms with Crippen LogP contribution in [0, 0.1) is 0 Å². The van der Waals surface area contributed by atoms with E-state index in [9.17, 15) is 18.0 Å². The summed E-state index contributed by atoms with van der Waals surface area (Å²) in [6, 6.07) is 0. The fraction of sp³-hybridized carbons (Fsp3) is 0.769. The average Bonchev–Trinajstić information content (AvgIpc) is 2.68. The molecule has 1 aliphatic heterocycles. The number of nitrogens with one attached hydrogen (secondary N) is 1. The van der Waals surface area contributed by atoms with Crippen molar-refractivity contribution in [2.24, 2.45) is 0 Å². The van der Waals surface area contributed by atoms with Crippen molar-refractivity contribution < 1.29 is 22.7 Å². The van der Waals surface area contributed by atoms with Gasteiger partial charge in [0.05, 0.1) is 6.54 Å². The summed E-state index contributed by atoms with van der Waals surface area (Å²) < 4.78 is 42.6. The van der Waals surface area contributed by atoms with Crippen LogP contribution in [0.15, 0.2) is 0 Å². The molecule has 1 aliphatic rings. The molecule has 6 nitrogen and oxygen atoms in total. The van der Waals surface area contributed by atoms with Crippen molar-refractivity contribution in [1.82, 2.24) is 20.1 Å². The van der Waals surface area contributed by atoms with E-state index in [1.165, 1.54) is 6.92 Å². The Kier molecular flexibility index (Phi) is 5.38. The van der Waals surface area contributed by atoms with Crippen LogP contribution in [-0.2, 0) is 29.0 Å². The minimum atomic E-state index is -4.45. The molecule has 1 aromatic heterocycles. The van der Waals surface area contributed by atoms with Crippen molar-refractivity contribution in [1.29, 1.82) is 0 Å². The van der Waals surface area contributed by atoms with E-state index >= 15 is 0 Å².